The maximum absolute atomic E-state index is 5.81. The number of pyridine rings is 1. The van der Waals surface area contributed by atoms with Crippen molar-refractivity contribution < 1.29 is 0 Å². The summed E-state index contributed by atoms with van der Waals surface area (Å²) in [6.07, 6.45) is 1.84. The van der Waals surface area contributed by atoms with Crippen LogP contribution < -0.4 is 4.90 Å². The highest BCUT2D eigenvalue weighted by Gasteiger charge is 2.12. The molecule has 3 heteroatoms. The van der Waals surface area contributed by atoms with Gasteiger partial charge in [-0.05, 0) is 31.9 Å². The molecule has 1 rings (SSSR count). The number of aromatic nitrogens is 1. The quantitative estimate of drug-likeness (QED) is 0.730. The Bertz CT molecular complexity index is 323. The van der Waals surface area contributed by atoms with Crippen LogP contribution in [0.5, 0.6) is 0 Å². The lowest BCUT2D eigenvalue weighted by molar-refractivity contribution is 0.570. The molecule has 0 N–H and O–H groups in total. The molecule has 1 aromatic heterocycles. The first-order valence-electron chi connectivity index (χ1n) is 5.82. The van der Waals surface area contributed by atoms with Crippen molar-refractivity contribution in [2.45, 2.75) is 39.6 Å². The van der Waals surface area contributed by atoms with Gasteiger partial charge in [-0.15, -0.1) is 11.6 Å². The van der Waals surface area contributed by atoms with Gasteiger partial charge in [-0.1, -0.05) is 13.8 Å². The normalized spacial score (nSPS) is 11.2. The number of hydrogen-bond donors (Lipinski definition) is 0. The summed E-state index contributed by atoms with van der Waals surface area (Å²) in [6.45, 7) is 9.95. The van der Waals surface area contributed by atoms with Crippen LogP contribution in [0.2, 0.25) is 0 Å². The zero-order chi connectivity index (χ0) is 12.1. The molecule has 0 unspecified atom stereocenters. The molecule has 0 aliphatic carbocycles. The minimum Gasteiger partial charge on any atom is -0.369 e. The van der Waals surface area contributed by atoms with Crippen LogP contribution >= 0.6 is 11.6 Å². The van der Waals surface area contributed by atoms with Crippen LogP contribution in [-0.2, 0) is 5.88 Å². The highest BCUT2D eigenvalue weighted by Crippen LogP contribution is 2.19. The van der Waals surface area contributed by atoms with Crippen molar-refractivity contribution >= 4 is 17.3 Å². The van der Waals surface area contributed by atoms with E-state index in [2.05, 4.69) is 49.7 Å². The van der Waals surface area contributed by atoms with E-state index in [1.54, 1.807) is 0 Å². The standard InChI is InChI=1S/C13H21ClN2/c1-10(2)9-16(11(3)4)13-5-6-15-12(7-13)8-14/h5-7,10-11H,8-9H2,1-4H3. The van der Waals surface area contributed by atoms with Crippen LogP contribution in [0.4, 0.5) is 5.69 Å². The van der Waals surface area contributed by atoms with Crippen LogP contribution in [0.3, 0.4) is 0 Å². The van der Waals surface area contributed by atoms with Gasteiger partial charge in [0, 0.05) is 24.5 Å². The molecule has 0 aromatic carbocycles. The van der Waals surface area contributed by atoms with Crippen molar-refractivity contribution in [3.63, 3.8) is 0 Å². The van der Waals surface area contributed by atoms with Gasteiger partial charge in [0.1, 0.15) is 0 Å². The Kier molecular flexibility index (Phi) is 5.07. The van der Waals surface area contributed by atoms with E-state index in [0.717, 1.165) is 12.2 Å². The third-order valence-electron chi connectivity index (χ3n) is 2.45. The van der Waals surface area contributed by atoms with Crippen LogP contribution in [0.1, 0.15) is 33.4 Å². The van der Waals surface area contributed by atoms with Crippen molar-refractivity contribution in [3.8, 4) is 0 Å². The van der Waals surface area contributed by atoms with Crippen LogP contribution in [0, 0.1) is 5.92 Å². The van der Waals surface area contributed by atoms with Gasteiger partial charge < -0.3 is 4.90 Å². The van der Waals surface area contributed by atoms with E-state index in [1.807, 2.05) is 6.20 Å². The van der Waals surface area contributed by atoms with Gasteiger partial charge in [0.15, 0.2) is 0 Å². The molecule has 0 atom stereocenters. The summed E-state index contributed by atoms with van der Waals surface area (Å²) in [7, 11) is 0. The second-order valence-corrected chi connectivity index (χ2v) is 5.05. The third kappa shape index (κ3) is 3.67. The SMILES string of the molecule is CC(C)CN(c1ccnc(CCl)c1)C(C)C. The van der Waals surface area contributed by atoms with Crippen molar-refractivity contribution in [1.82, 2.24) is 4.98 Å². The smallest absolute Gasteiger partial charge is 0.0648 e. The fourth-order valence-electron chi connectivity index (χ4n) is 1.72. The lowest BCUT2D eigenvalue weighted by Gasteiger charge is -2.30. The Morgan fingerprint density at radius 2 is 2.00 bits per heavy atom. The van der Waals surface area contributed by atoms with E-state index in [1.165, 1.54) is 5.69 Å². The zero-order valence-corrected chi connectivity index (χ0v) is 11.3. The predicted molar refractivity (Wildman–Crippen MR) is 71.1 cm³/mol. The molecular formula is C13H21ClN2. The van der Waals surface area contributed by atoms with Crippen molar-refractivity contribution in [2.75, 3.05) is 11.4 Å². The van der Waals surface area contributed by atoms with E-state index < -0.39 is 0 Å². The van der Waals surface area contributed by atoms with Crippen LogP contribution in [-0.4, -0.2) is 17.6 Å². The van der Waals surface area contributed by atoms with Crippen LogP contribution in [0.25, 0.3) is 0 Å². The third-order valence-corrected chi connectivity index (χ3v) is 2.73. The van der Waals surface area contributed by atoms with Crippen molar-refractivity contribution in [2.24, 2.45) is 5.92 Å². The Morgan fingerprint density at radius 1 is 1.31 bits per heavy atom. The lowest BCUT2D eigenvalue weighted by atomic mass is 10.1. The molecule has 1 heterocycles. The van der Waals surface area contributed by atoms with Gasteiger partial charge in [-0.2, -0.15) is 0 Å². The van der Waals surface area contributed by atoms with E-state index >= 15 is 0 Å². The Hall–Kier alpha value is -0.760. The number of anilines is 1. The molecule has 90 valence electrons. The molecule has 16 heavy (non-hydrogen) atoms. The molecule has 0 spiro atoms. The number of hydrogen-bond acceptors (Lipinski definition) is 2. The minimum absolute atomic E-state index is 0.474. The summed E-state index contributed by atoms with van der Waals surface area (Å²) >= 11 is 5.81. The second-order valence-electron chi connectivity index (χ2n) is 4.78. The molecule has 1 aromatic rings. The average Bonchev–Trinajstić information content (AvgIpc) is 2.25. The van der Waals surface area contributed by atoms with Crippen LogP contribution in [0.15, 0.2) is 18.3 Å². The predicted octanol–water partition coefficient (Wildman–Crippen LogP) is 3.69. The molecule has 0 saturated carbocycles. The topological polar surface area (TPSA) is 16.1 Å². The first-order chi connectivity index (χ1) is 7.54. The highest BCUT2D eigenvalue weighted by molar-refractivity contribution is 6.16. The molecule has 2 nitrogen and oxygen atoms in total. The summed E-state index contributed by atoms with van der Waals surface area (Å²) in [5.74, 6) is 1.12. The summed E-state index contributed by atoms with van der Waals surface area (Å²) in [6, 6.07) is 4.63. The van der Waals surface area contributed by atoms with Gasteiger partial charge >= 0.3 is 0 Å². The second kappa shape index (κ2) is 6.09. The van der Waals surface area contributed by atoms with Gasteiger partial charge in [0.2, 0.25) is 0 Å². The maximum Gasteiger partial charge on any atom is 0.0648 e. The van der Waals surface area contributed by atoms with Gasteiger partial charge in [-0.25, -0.2) is 0 Å². The lowest BCUT2D eigenvalue weighted by Crippen LogP contribution is -2.34. The Morgan fingerprint density at radius 3 is 2.50 bits per heavy atom. The maximum atomic E-state index is 5.81. The van der Waals surface area contributed by atoms with Crippen molar-refractivity contribution in [3.05, 3.63) is 24.0 Å². The molecular weight excluding hydrogens is 220 g/mol. The van der Waals surface area contributed by atoms with E-state index in [-0.39, 0.29) is 0 Å². The first-order valence-corrected chi connectivity index (χ1v) is 6.35. The molecule has 0 saturated heterocycles. The van der Waals surface area contributed by atoms with E-state index in [9.17, 15) is 0 Å². The summed E-state index contributed by atoms with van der Waals surface area (Å²) in [5.41, 5.74) is 2.16. The van der Waals surface area contributed by atoms with Gasteiger partial charge in [0.05, 0.1) is 11.6 Å². The molecule has 0 fully saturated rings. The molecule has 0 radical (unpaired) electrons. The fraction of sp³-hybridized carbons (Fsp3) is 0.615. The number of nitrogens with zero attached hydrogens (tertiary/aromatic N) is 2. The molecule has 0 amide bonds. The van der Waals surface area contributed by atoms with Crippen molar-refractivity contribution in [1.29, 1.82) is 0 Å². The summed E-state index contributed by atoms with van der Waals surface area (Å²) in [5, 5.41) is 0. The highest BCUT2D eigenvalue weighted by atomic mass is 35.5. The molecule has 0 bridgehead atoms. The zero-order valence-electron chi connectivity index (χ0n) is 10.6. The number of rotatable bonds is 5. The fourth-order valence-corrected chi connectivity index (χ4v) is 1.87. The number of alkyl halides is 1. The Labute approximate surface area is 104 Å². The first kappa shape index (κ1) is 13.3. The van der Waals surface area contributed by atoms with Gasteiger partial charge in [-0.3, -0.25) is 4.98 Å². The summed E-state index contributed by atoms with van der Waals surface area (Å²) < 4.78 is 0. The summed E-state index contributed by atoms with van der Waals surface area (Å²) in [4.78, 5) is 6.61. The average molecular weight is 241 g/mol. The number of halogens is 1. The monoisotopic (exact) mass is 240 g/mol. The van der Waals surface area contributed by atoms with Gasteiger partial charge in [0.25, 0.3) is 0 Å². The Balaban J connectivity index is 2.91. The van der Waals surface area contributed by atoms with E-state index in [4.69, 9.17) is 11.6 Å². The molecule has 0 aliphatic rings. The minimum atomic E-state index is 0.474. The van der Waals surface area contributed by atoms with E-state index in [0.29, 0.717) is 17.8 Å². The largest absolute Gasteiger partial charge is 0.369 e. The molecule has 0 aliphatic heterocycles.